The highest BCUT2D eigenvalue weighted by molar-refractivity contribution is 6.00. The zero-order valence-electron chi connectivity index (χ0n) is 14.1. The van der Waals surface area contributed by atoms with Gasteiger partial charge in [-0.25, -0.2) is 0 Å². The molecule has 0 radical (unpaired) electrons. The number of aliphatic hydroxyl groups is 1. The highest BCUT2D eigenvalue weighted by atomic mass is 16.3. The SMILES string of the molecule is CC(=O)C1=C[C@@]23CC(C1)C(O)n1c2c(c2ccccc21)CCNC3=O. The lowest BCUT2D eigenvalue weighted by Crippen LogP contribution is -2.51. The maximum absolute atomic E-state index is 13.1. The van der Waals surface area contributed by atoms with Crippen molar-refractivity contribution < 1.29 is 14.7 Å². The number of hydrogen-bond acceptors (Lipinski definition) is 3. The molecule has 25 heavy (non-hydrogen) atoms. The summed E-state index contributed by atoms with van der Waals surface area (Å²) in [6, 6.07) is 8.03. The second-order valence-electron chi connectivity index (χ2n) is 7.50. The second kappa shape index (κ2) is 4.82. The van der Waals surface area contributed by atoms with Crippen molar-refractivity contribution >= 4 is 22.6 Å². The molecule has 2 bridgehead atoms. The zero-order valence-corrected chi connectivity index (χ0v) is 14.1. The highest BCUT2D eigenvalue weighted by Crippen LogP contribution is 2.53. The number of aliphatic hydroxyl groups excluding tert-OH is 1. The van der Waals surface area contributed by atoms with Gasteiger partial charge in [0.25, 0.3) is 0 Å². The van der Waals surface area contributed by atoms with Crippen LogP contribution >= 0.6 is 0 Å². The number of Topliss-reactive ketones (excluding diaryl/α,β-unsaturated/α-hetero) is 1. The van der Waals surface area contributed by atoms with Crippen molar-refractivity contribution in [2.75, 3.05) is 6.54 Å². The first-order valence-corrected chi connectivity index (χ1v) is 8.84. The van der Waals surface area contributed by atoms with E-state index in [1.165, 1.54) is 0 Å². The number of para-hydroxylation sites is 1. The van der Waals surface area contributed by atoms with Crippen LogP contribution in [0.3, 0.4) is 0 Å². The first-order chi connectivity index (χ1) is 12.0. The van der Waals surface area contributed by atoms with Crippen molar-refractivity contribution in [3.63, 3.8) is 0 Å². The molecule has 5 rings (SSSR count). The Hall–Kier alpha value is -2.40. The van der Waals surface area contributed by atoms with E-state index in [2.05, 4.69) is 11.4 Å². The van der Waals surface area contributed by atoms with Crippen LogP contribution in [-0.4, -0.2) is 27.9 Å². The van der Waals surface area contributed by atoms with Gasteiger partial charge in [-0.05, 0) is 43.4 Å². The van der Waals surface area contributed by atoms with Gasteiger partial charge in [-0.2, -0.15) is 0 Å². The number of hydrogen-bond donors (Lipinski definition) is 2. The number of rotatable bonds is 1. The van der Waals surface area contributed by atoms with Gasteiger partial charge in [0.1, 0.15) is 11.6 Å². The molecule has 1 spiro atoms. The van der Waals surface area contributed by atoms with Crippen molar-refractivity contribution in [1.82, 2.24) is 9.88 Å². The van der Waals surface area contributed by atoms with Crippen LogP contribution in [0.25, 0.3) is 10.9 Å². The fraction of sp³-hybridized carbons (Fsp3) is 0.400. The number of carbonyl (C=O) groups is 2. The molecule has 5 heteroatoms. The summed E-state index contributed by atoms with van der Waals surface area (Å²) in [5, 5.41) is 15.2. The van der Waals surface area contributed by atoms with Crippen LogP contribution in [0.2, 0.25) is 0 Å². The fourth-order valence-corrected chi connectivity index (χ4v) is 5.08. The van der Waals surface area contributed by atoms with E-state index in [4.69, 9.17) is 0 Å². The predicted octanol–water partition coefficient (Wildman–Crippen LogP) is 1.98. The van der Waals surface area contributed by atoms with E-state index >= 15 is 0 Å². The molecule has 2 aromatic rings. The minimum absolute atomic E-state index is 0.0144. The number of nitrogens with one attached hydrogen (secondary N) is 1. The monoisotopic (exact) mass is 336 g/mol. The predicted molar refractivity (Wildman–Crippen MR) is 93.1 cm³/mol. The Morgan fingerprint density at radius 3 is 2.96 bits per heavy atom. The van der Waals surface area contributed by atoms with Gasteiger partial charge in [0.2, 0.25) is 5.91 Å². The van der Waals surface area contributed by atoms with E-state index in [9.17, 15) is 14.7 Å². The van der Waals surface area contributed by atoms with Gasteiger partial charge < -0.3 is 15.0 Å². The van der Waals surface area contributed by atoms with Crippen LogP contribution in [0.5, 0.6) is 0 Å². The van der Waals surface area contributed by atoms with Gasteiger partial charge >= 0.3 is 0 Å². The molecule has 2 unspecified atom stereocenters. The van der Waals surface area contributed by atoms with Crippen molar-refractivity contribution in [2.24, 2.45) is 5.92 Å². The molecule has 1 aromatic heterocycles. The molecule has 1 aliphatic carbocycles. The van der Waals surface area contributed by atoms with E-state index in [0.29, 0.717) is 25.0 Å². The average Bonchev–Trinajstić information content (AvgIpc) is 2.88. The van der Waals surface area contributed by atoms with Crippen molar-refractivity contribution in [2.45, 2.75) is 37.8 Å². The minimum atomic E-state index is -0.853. The van der Waals surface area contributed by atoms with E-state index in [0.717, 1.165) is 28.6 Å². The minimum Gasteiger partial charge on any atom is -0.373 e. The Kier molecular flexibility index (Phi) is 2.87. The van der Waals surface area contributed by atoms with Gasteiger partial charge in [0.15, 0.2) is 5.78 Å². The third kappa shape index (κ3) is 1.76. The summed E-state index contributed by atoms with van der Waals surface area (Å²) in [5.41, 5.74) is 2.78. The smallest absolute Gasteiger partial charge is 0.236 e. The van der Waals surface area contributed by atoms with Gasteiger partial charge in [-0.1, -0.05) is 24.3 Å². The first-order valence-electron chi connectivity index (χ1n) is 8.84. The number of benzene rings is 1. The summed E-state index contributed by atoms with van der Waals surface area (Å²) in [7, 11) is 0. The van der Waals surface area contributed by atoms with Gasteiger partial charge in [-0.15, -0.1) is 0 Å². The molecule has 1 amide bonds. The Morgan fingerprint density at radius 2 is 2.16 bits per heavy atom. The van der Waals surface area contributed by atoms with E-state index in [-0.39, 0.29) is 17.6 Å². The number of fused-ring (bicyclic) bond motifs is 4. The number of carbonyl (C=O) groups excluding carboxylic acids is 2. The third-order valence-corrected chi connectivity index (χ3v) is 6.13. The summed E-state index contributed by atoms with van der Waals surface area (Å²) in [5.74, 6) is -0.200. The maximum atomic E-state index is 13.1. The summed E-state index contributed by atoms with van der Waals surface area (Å²) in [4.78, 5) is 25.2. The molecule has 3 aliphatic rings. The van der Waals surface area contributed by atoms with Crippen molar-refractivity contribution in [3.05, 3.63) is 47.2 Å². The third-order valence-electron chi connectivity index (χ3n) is 6.13. The summed E-state index contributed by atoms with van der Waals surface area (Å²) in [6.07, 6.45) is 2.98. The molecular weight excluding hydrogens is 316 g/mol. The molecule has 3 atom stereocenters. The molecule has 3 heterocycles. The van der Waals surface area contributed by atoms with E-state index in [1.807, 2.05) is 28.8 Å². The van der Waals surface area contributed by atoms with Gasteiger partial charge in [0, 0.05) is 23.5 Å². The molecule has 1 aromatic carbocycles. The van der Waals surface area contributed by atoms with Crippen molar-refractivity contribution in [1.29, 1.82) is 0 Å². The Balaban J connectivity index is 1.94. The zero-order chi connectivity index (χ0) is 17.3. The topological polar surface area (TPSA) is 71.3 Å². The van der Waals surface area contributed by atoms with Crippen molar-refractivity contribution in [3.8, 4) is 0 Å². The van der Waals surface area contributed by atoms with Gasteiger partial charge in [-0.3, -0.25) is 9.59 Å². The highest BCUT2D eigenvalue weighted by Gasteiger charge is 2.54. The number of nitrogens with zero attached hydrogens (tertiary/aromatic N) is 1. The number of aromatic nitrogens is 1. The van der Waals surface area contributed by atoms with Crippen LogP contribution < -0.4 is 5.32 Å². The Bertz CT molecular complexity index is 971. The van der Waals surface area contributed by atoms with Crippen LogP contribution in [0.4, 0.5) is 0 Å². The van der Waals surface area contributed by atoms with E-state index < -0.39 is 11.6 Å². The fourth-order valence-electron chi connectivity index (χ4n) is 5.08. The number of allylic oxidation sites excluding steroid dienone is 1. The summed E-state index contributed by atoms with van der Waals surface area (Å²) >= 11 is 0. The Morgan fingerprint density at radius 1 is 1.36 bits per heavy atom. The molecule has 5 nitrogen and oxygen atoms in total. The number of ketones is 1. The summed E-state index contributed by atoms with van der Waals surface area (Å²) in [6.45, 7) is 2.12. The van der Waals surface area contributed by atoms with Gasteiger partial charge in [0.05, 0.1) is 5.52 Å². The Labute approximate surface area is 145 Å². The molecule has 0 fully saturated rings. The normalized spacial score (nSPS) is 30.3. The quantitative estimate of drug-likeness (QED) is 0.836. The van der Waals surface area contributed by atoms with Crippen LogP contribution in [0, 0.1) is 5.92 Å². The molecule has 128 valence electrons. The lowest BCUT2D eigenvalue weighted by atomic mass is 9.65. The first kappa shape index (κ1) is 14.9. The maximum Gasteiger partial charge on any atom is 0.236 e. The molecule has 0 saturated heterocycles. The van der Waals surface area contributed by atoms with Crippen LogP contribution in [-0.2, 0) is 21.4 Å². The molecule has 2 N–H and O–H groups in total. The lowest BCUT2D eigenvalue weighted by molar-refractivity contribution is -0.128. The second-order valence-corrected chi connectivity index (χ2v) is 7.50. The molecule has 0 saturated carbocycles. The van der Waals surface area contributed by atoms with E-state index in [1.54, 1.807) is 6.92 Å². The lowest BCUT2D eigenvalue weighted by Gasteiger charge is -2.45. The van der Waals surface area contributed by atoms with Crippen LogP contribution in [0.15, 0.2) is 35.9 Å². The standard InChI is InChI=1S/C20H20N2O3/c1-11(23)12-8-13-10-20(9-12)17-15(6-7-21-19(20)25)14-4-2-3-5-16(14)22(17)18(13)24/h2-5,9,13,18,24H,6-8,10H2,1H3,(H,21,25)/t13?,18?,20-/m1/s1. The molecular formula is C20H20N2O3. The van der Waals surface area contributed by atoms with Crippen LogP contribution in [0.1, 0.15) is 37.3 Å². The molecule has 2 aliphatic heterocycles. The average molecular weight is 336 g/mol. The summed E-state index contributed by atoms with van der Waals surface area (Å²) < 4.78 is 1.96. The largest absolute Gasteiger partial charge is 0.373 e. The number of amides is 1.